The number of nitrogens with one attached hydrogen (secondary N) is 1. The molecule has 0 spiro atoms. The van der Waals surface area contributed by atoms with Crippen molar-refractivity contribution in [1.29, 1.82) is 0 Å². The molecule has 2 heterocycles. The van der Waals surface area contributed by atoms with Gasteiger partial charge in [-0.3, -0.25) is 14.6 Å². The van der Waals surface area contributed by atoms with Gasteiger partial charge in [0.2, 0.25) is 0 Å². The SMILES string of the molecule is Cc1c2n([nH]c1=O)CCCC2. The van der Waals surface area contributed by atoms with Crippen LogP contribution in [0, 0.1) is 6.92 Å². The Kier molecular flexibility index (Phi) is 1.37. The van der Waals surface area contributed by atoms with Crippen LogP contribution >= 0.6 is 0 Å². The molecule has 0 atom stereocenters. The van der Waals surface area contributed by atoms with Gasteiger partial charge in [-0.15, -0.1) is 0 Å². The van der Waals surface area contributed by atoms with Crippen LogP contribution in [0.4, 0.5) is 0 Å². The third kappa shape index (κ3) is 0.914. The predicted octanol–water partition coefficient (Wildman–Crippen LogP) is 0.821. The fourth-order valence-corrected chi connectivity index (χ4v) is 1.68. The van der Waals surface area contributed by atoms with Crippen LogP contribution in [0.1, 0.15) is 24.1 Å². The Morgan fingerprint density at radius 2 is 2.27 bits per heavy atom. The zero-order chi connectivity index (χ0) is 7.84. The molecule has 3 nitrogen and oxygen atoms in total. The summed E-state index contributed by atoms with van der Waals surface area (Å²) in [5, 5.41) is 2.83. The van der Waals surface area contributed by atoms with Gasteiger partial charge in [0.1, 0.15) is 0 Å². The summed E-state index contributed by atoms with van der Waals surface area (Å²) in [6.45, 7) is 2.88. The molecule has 0 aliphatic carbocycles. The van der Waals surface area contributed by atoms with Gasteiger partial charge >= 0.3 is 0 Å². The molecule has 0 radical (unpaired) electrons. The molecule has 0 fully saturated rings. The van der Waals surface area contributed by atoms with E-state index in [9.17, 15) is 4.79 Å². The van der Waals surface area contributed by atoms with E-state index >= 15 is 0 Å². The van der Waals surface area contributed by atoms with Crippen molar-refractivity contribution in [3.8, 4) is 0 Å². The van der Waals surface area contributed by atoms with Crippen LogP contribution in [-0.2, 0) is 13.0 Å². The maximum Gasteiger partial charge on any atom is 0.267 e. The summed E-state index contributed by atoms with van der Waals surface area (Å²) in [5.41, 5.74) is 2.20. The van der Waals surface area contributed by atoms with Crippen LogP contribution in [0.3, 0.4) is 0 Å². The maximum absolute atomic E-state index is 11.1. The average molecular weight is 152 g/mol. The highest BCUT2D eigenvalue weighted by Crippen LogP contribution is 2.13. The maximum atomic E-state index is 11.1. The minimum Gasteiger partial charge on any atom is -0.289 e. The summed E-state index contributed by atoms with van der Waals surface area (Å²) in [6, 6.07) is 0. The first kappa shape index (κ1) is 6.70. The zero-order valence-electron chi connectivity index (χ0n) is 6.68. The van der Waals surface area contributed by atoms with E-state index in [2.05, 4.69) is 5.10 Å². The molecule has 0 aromatic carbocycles. The number of H-pyrrole nitrogens is 1. The minimum atomic E-state index is 0.0851. The third-order valence-electron chi connectivity index (χ3n) is 2.38. The standard InChI is InChI=1S/C8H12N2O/c1-6-7-4-2-3-5-10(7)9-8(6)11/h2-5H2,1H3,(H,9,11). The van der Waals surface area contributed by atoms with Crippen molar-refractivity contribution >= 4 is 0 Å². The van der Waals surface area contributed by atoms with Crippen LogP contribution in [0.5, 0.6) is 0 Å². The Labute approximate surface area is 65.0 Å². The Balaban J connectivity index is 2.59. The van der Waals surface area contributed by atoms with E-state index in [1.165, 1.54) is 18.5 Å². The second-order valence-corrected chi connectivity index (χ2v) is 3.12. The Morgan fingerprint density at radius 3 is 3.00 bits per heavy atom. The summed E-state index contributed by atoms with van der Waals surface area (Å²) in [6.07, 6.45) is 3.47. The molecule has 0 unspecified atom stereocenters. The molecule has 2 rings (SSSR count). The lowest BCUT2D eigenvalue weighted by atomic mass is 10.1. The normalized spacial score (nSPS) is 16.5. The lowest BCUT2D eigenvalue weighted by Crippen LogP contribution is -2.12. The molecule has 11 heavy (non-hydrogen) atoms. The first-order chi connectivity index (χ1) is 5.29. The van der Waals surface area contributed by atoms with Gasteiger partial charge in [-0.2, -0.15) is 0 Å². The topological polar surface area (TPSA) is 37.8 Å². The summed E-state index contributed by atoms with van der Waals surface area (Å²) >= 11 is 0. The average Bonchev–Trinajstić information content (AvgIpc) is 2.30. The van der Waals surface area contributed by atoms with Gasteiger partial charge < -0.3 is 0 Å². The van der Waals surface area contributed by atoms with Crippen LogP contribution in [0.15, 0.2) is 4.79 Å². The monoisotopic (exact) mass is 152 g/mol. The molecule has 0 saturated heterocycles. The van der Waals surface area contributed by atoms with E-state index in [1.54, 1.807) is 0 Å². The lowest BCUT2D eigenvalue weighted by Gasteiger charge is -2.13. The molecule has 0 saturated carbocycles. The largest absolute Gasteiger partial charge is 0.289 e. The second-order valence-electron chi connectivity index (χ2n) is 3.12. The number of nitrogens with zero attached hydrogens (tertiary/aromatic N) is 1. The van der Waals surface area contributed by atoms with E-state index in [-0.39, 0.29) is 5.56 Å². The summed E-state index contributed by atoms with van der Waals surface area (Å²) in [4.78, 5) is 11.1. The molecule has 0 bridgehead atoms. The Morgan fingerprint density at radius 1 is 1.45 bits per heavy atom. The number of rotatable bonds is 0. The number of hydrogen-bond donors (Lipinski definition) is 1. The molecule has 1 aliphatic rings. The molecule has 0 amide bonds. The van der Waals surface area contributed by atoms with E-state index in [1.807, 2.05) is 11.6 Å². The van der Waals surface area contributed by atoms with Crippen molar-refractivity contribution in [3.63, 3.8) is 0 Å². The van der Waals surface area contributed by atoms with Crippen LogP contribution < -0.4 is 5.56 Å². The number of fused-ring (bicyclic) bond motifs is 1. The smallest absolute Gasteiger partial charge is 0.267 e. The minimum absolute atomic E-state index is 0.0851. The number of hydrogen-bond acceptors (Lipinski definition) is 1. The highest BCUT2D eigenvalue weighted by Gasteiger charge is 2.13. The molecular formula is C8H12N2O. The van der Waals surface area contributed by atoms with Crippen LogP contribution in [-0.4, -0.2) is 9.78 Å². The second kappa shape index (κ2) is 2.26. The van der Waals surface area contributed by atoms with Crippen molar-refractivity contribution in [2.75, 3.05) is 0 Å². The summed E-state index contributed by atoms with van der Waals surface area (Å²) in [5.74, 6) is 0. The number of aromatic nitrogens is 2. The van der Waals surface area contributed by atoms with E-state index in [0.717, 1.165) is 18.5 Å². The van der Waals surface area contributed by atoms with E-state index in [0.29, 0.717) is 0 Å². The molecular weight excluding hydrogens is 140 g/mol. The van der Waals surface area contributed by atoms with Gasteiger partial charge in [-0.1, -0.05) is 0 Å². The van der Waals surface area contributed by atoms with Gasteiger partial charge in [0.25, 0.3) is 5.56 Å². The Hall–Kier alpha value is -0.990. The van der Waals surface area contributed by atoms with Crippen molar-refractivity contribution in [1.82, 2.24) is 9.78 Å². The fraction of sp³-hybridized carbons (Fsp3) is 0.625. The predicted molar refractivity (Wildman–Crippen MR) is 42.7 cm³/mol. The fourth-order valence-electron chi connectivity index (χ4n) is 1.68. The van der Waals surface area contributed by atoms with Crippen molar-refractivity contribution < 1.29 is 0 Å². The number of aromatic amines is 1. The first-order valence-corrected chi connectivity index (χ1v) is 4.07. The van der Waals surface area contributed by atoms with E-state index < -0.39 is 0 Å². The number of aryl methyl sites for hydroxylation is 1. The molecule has 1 aliphatic heterocycles. The van der Waals surface area contributed by atoms with Gasteiger partial charge in [-0.25, -0.2) is 0 Å². The quantitative estimate of drug-likeness (QED) is 0.587. The Bertz CT molecular complexity index is 321. The molecule has 3 heteroatoms. The zero-order valence-corrected chi connectivity index (χ0v) is 6.68. The highest BCUT2D eigenvalue weighted by atomic mass is 16.1. The van der Waals surface area contributed by atoms with Gasteiger partial charge in [0.15, 0.2) is 0 Å². The lowest BCUT2D eigenvalue weighted by molar-refractivity contribution is 0.483. The van der Waals surface area contributed by atoms with Gasteiger partial charge in [0.05, 0.1) is 0 Å². The molecule has 1 aromatic rings. The van der Waals surface area contributed by atoms with Crippen molar-refractivity contribution in [2.45, 2.75) is 32.7 Å². The van der Waals surface area contributed by atoms with Crippen molar-refractivity contribution in [2.24, 2.45) is 0 Å². The summed E-state index contributed by atoms with van der Waals surface area (Å²) in [7, 11) is 0. The third-order valence-corrected chi connectivity index (χ3v) is 2.38. The van der Waals surface area contributed by atoms with Crippen molar-refractivity contribution in [3.05, 3.63) is 21.6 Å². The van der Waals surface area contributed by atoms with E-state index in [4.69, 9.17) is 0 Å². The first-order valence-electron chi connectivity index (χ1n) is 4.07. The van der Waals surface area contributed by atoms with Crippen LogP contribution in [0.25, 0.3) is 0 Å². The highest BCUT2D eigenvalue weighted by molar-refractivity contribution is 5.16. The van der Waals surface area contributed by atoms with Gasteiger partial charge in [0, 0.05) is 17.8 Å². The molecule has 60 valence electrons. The molecule has 1 aromatic heterocycles. The van der Waals surface area contributed by atoms with Gasteiger partial charge in [-0.05, 0) is 26.2 Å². The summed E-state index contributed by atoms with van der Waals surface area (Å²) < 4.78 is 1.99. The van der Waals surface area contributed by atoms with Crippen LogP contribution in [0.2, 0.25) is 0 Å². The molecule has 1 N–H and O–H groups in total.